The third kappa shape index (κ3) is 4.05. The molecule has 0 aliphatic rings. The summed E-state index contributed by atoms with van der Waals surface area (Å²) < 4.78 is 3.99. The molecular formula is C14H18N4O2S2. The van der Waals surface area contributed by atoms with E-state index in [9.17, 15) is 9.59 Å². The Kier molecular flexibility index (Phi) is 5.51. The number of nitrogens with zero attached hydrogens (tertiary/aromatic N) is 1. The van der Waals surface area contributed by atoms with Crippen LogP contribution in [0.15, 0.2) is 17.5 Å². The van der Waals surface area contributed by atoms with Gasteiger partial charge in [0.2, 0.25) is 0 Å². The molecule has 6 nitrogen and oxygen atoms in total. The number of rotatable bonds is 6. The molecular weight excluding hydrogens is 320 g/mol. The van der Waals surface area contributed by atoms with E-state index in [1.165, 1.54) is 4.88 Å². The van der Waals surface area contributed by atoms with Crippen molar-refractivity contribution >= 4 is 40.4 Å². The number of thiophene rings is 1. The van der Waals surface area contributed by atoms with Gasteiger partial charge in [0.15, 0.2) is 5.69 Å². The molecule has 0 spiro atoms. The second-order valence-corrected chi connectivity index (χ2v) is 6.79. The third-order valence-electron chi connectivity index (χ3n) is 2.81. The number of hydrogen-bond acceptors (Lipinski definition) is 6. The summed E-state index contributed by atoms with van der Waals surface area (Å²) in [5.41, 5.74) is 6.12. The zero-order chi connectivity index (χ0) is 16.1. The van der Waals surface area contributed by atoms with Crippen molar-refractivity contribution < 1.29 is 9.59 Å². The van der Waals surface area contributed by atoms with Crippen molar-refractivity contribution in [3.05, 3.63) is 33.0 Å². The van der Waals surface area contributed by atoms with Crippen LogP contribution in [0.5, 0.6) is 0 Å². The number of aromatic nitrogens is 1. The van der Waals surface area contributed by atoms with Crippen LogP contribution in [-0.4, -0.2) is 28.8 Å². The summed E-state index contributed by atoms with van der Waals surface area (Å²) in [7, 11) is 0. The molecule has 4 N–H and O–H groups in total. The van der Waals surface area contributed by atoms with E-state index in [1.807, 2.05) is 31.4 Å². The van der Waals surface area contributed by atoms with Crippen LogP contribution in [0.4, 0.5) is 5.69 Å². The number of hydrogen-bond donors (Lipinski definition) is 3. The minimum Gasteiger partial charge on any atom is -0.395 e. The van der Waals surface area contributed by atoms with Crippen molar-refractivity contribution in [1.82, 2.24) is 15.0 Å². The lowest BCUT2D eigenvalue weighted by atomic mass is 10.2. The molecule has 2 amide bonds. The Morgan fingerprint density at radius 1 is 1.36 bits per heavy atom. The first-order valence-electron chi connectivity index (χ1n) is 6.85. The van der Waals surface area contributed by atoms with Crippen molar-refractivity contribution in [1.29, 1.82) is 0 Å². The van der Waals surface area contributed by atoms with E-state index in [4.69, 9.17) is 5.73 Å². The van der Waals surface area contributed by atoms with Crippen LogP contribution in [0.1, 0.15) is 38.9 Å². The number of nitrogens with one attached hydrogen (secondary N) is 2. The van der Waals surface area contributed by atoms with Crippen LogP contribution in [0, 0.1) is 0 Å². The minimum absolute atomic E-state index is 0.0170. The standard InChI is InChI=1S/C14H18N4O2S2/c1-8(2)17-13(19)11-10(15)12(22-18-11)14(20)16-6-5-9-4-3-7-21-9/h3-4,7-8H,5-6,15H2,1-2H3,(H,16,20)(H,17,19). The fourth-order valence-electron chi connectivity index (χ4n) is 1.79. The molecule has 2 heterocycles. The first kappa shape index (κ1) is 16.4. The van der Waals surface area contributed by atoms with Gasteiger partial charge in [0.1, 0.15) is 4.88 Å². The van der Waals surface area contributed by atoms with Gasteiger partial charge in [0.05, 0.1) is 5.69 Å². The number of nitrogens with two attached hydrogens (primary N) is 1. The maximum Gasteiger partial charge on any atom is 0.273 e. The highest BCUT2D eigenvalue weighted by molar-refractivity contribution is 7.10. The first-order chi connectivity index (χ1) is 10.5. The maximum atomic E-state index is 12.1. The largest absolute Gasteiger partial charge is 0.395 e. The van der Waals surface area contributed by atoms with E-state index in [-0.39, 0.29) is 34.1 Å². The summed E-state index contributed by atoms with van der Waals surface area (Å²) in [4.78, 5) is 25.5. The monoisotopic (exact) mass is 338 g/mol. The highest BCUT2D eigenvalue weighted by Gasteiger charge is 2.22. The van der Waals surface area contributed by atoms with E-state index in [1.54, 1.807) is 11.3 Å². The SMILES string of the molecule is CC(C)NC(=O)c1nsc(C(=O)NCCc2cccs2)c1N. The zero-order valence-corrected chi connectivity index (χ0v) is 14.0. The molecule has 2 aromatic rings. The van der Waals surface area contributed by atoms with Gasteiger partial charge in [-0.15, -0.1) is 11.3 Å². The molecule has 0 aromatic carbocycles. The maximum absolute atomic E-state index is 12.1. The van der Waals surface area contributed by atoms with E-state index in [0.29, 0.717) is 6.54 Å². The lowest BCUT2D eigenvalue weighted by Crippen LogP contribution is -2.31. The van der Waals surface area contributed by atoms with Crippen molar-refractivity contribution in [2.75, 3.05) is 12.3 Å². The van der Waals surface area contributed by atoms with Crippen molar-refractivity contribution in [3.8, 4) is 0 Å². The number of carbonyl (C=O) groups is 2. The summed E-state index contributed by atoms with van der Waals surface area (Å²) in [6.07, 6.45) is 0.767. The van der Waals surface area contributed by atoms with E-state index >= 15 is 0 Å². The Morgan fingerprint density at radius 2 is 2.14 bits per heavy atom. The van der Waals surface area contributed by atoms with Gasteiger partial charge in [-0.2, -0.15) is 4.37 Å². The Hall–Kier alpha value is -1.93. The summed E-state index contributed by atoms with van der Waals surface area (Å²) in [5, 5.41) is 7.50. The Balaban J connectivity index is 1.95. The lowest BCUT2D eigenvalue weighted by Gasteiger charge is -2.07. The van der Waals surface area contributed by atoms with Crippen LogP contribution in [0.3, 0.4) is 0 Å². The molecule has 0 saturated carbocycles. The molecule has 0 aliphatic heterocycles. The Morgan fingerprint density at radius 3 is 2.77 bits per heavy atom. The second kappa shape index (κ2) is 7.37. The van der Waals surface area contributed by atoms with Gasteiger partial charge in [-0.05, 0) is 43.2 Å². The minimum atomic E-state index is -0.360. The molecule has 118 valence electrons. The number of anilines is 1. The molecule has 0 aliphatic carbocycles. The van der Waals surface area contributed by atoms with Gasteiger partial charge < -0.3 is 16.4 Å². The van der Waals surface area contributed by atoms with E-state index < -0.39 is 0 Å². The third-order valence-corrected chi connectivity index (χ3v) is 4.60. The second-order valence-electron chi connectivity index (χ2n) is 4.99. The quantitative estimate of drug-likeness (QED) is 0.749. The van der Waals surface area contributed by atoms with Crippen LogP contribution in [0.25, 0.3) is 0 Å². The average molecular weight is 338 g/mol. The van der Waals surface area contributed by atoms with Gasteiger partial charge in [-0.3, -0.25) is 9.59 Å². The Bertz CT molecular complexity index is 650. The summed E-state index contributed by atoms with van der Waals surface area (Å²) in [5.74, 6) is -0.656. The van der Waals surface area contributed by atoms with Gasteiger partial charge >= 0.3 is 0 Å². The number of amides is 2. The predicted octanol–water partition coefficient (Wildman–Crippen LogP) is 1.90. The van der Waals surface area contributed by atoms with E-state index in [0.717, 1.165) is 18.0 Å². The van der Waals surface area contributed by atoms with E-state index in [2.05, 4.69) is 15.0 Å². The fourth-order valence-corrected chi connectivity index (χ4v) is 3.21. The highest BCUT2D eigenvalue weighted by Crippen LogP contribution is 2.21. The molecule has 0 atom stereocenters. The summed E-state index contributed by atoms with van der Waals surface area (Å²) in [6, 6.07) is 3.98. The lowest BCUT2D eigenvalue weighted by molar-refractivity contribution is 0.0939. The summed E-state index contributed by atoms with van der Waals surface area (Å²) >= 11 is 2.59. The van der Waals surface area contributed by atoms with Crippen molar-refractivity contribution in [2.45, 2.75) is 26.3 Å². The smallest absolute Gasteiger partial charge is 0.273 e. The molecule has 2 rings (SSSR count). The van der Waals surface area contributed by atoms with Gasteiger partial charge in [-0.25, -0.2) is 0 Å². The zero-order valence-electron chi connectivity index (χ0n) is 12.4. The van der Waals surface area contributed by atoms with Crippen molar-refractivity contribution in [3.63, 3.8) is 0 Å². The topological polar surface area (TPSA) is 97.1 Å². The fraction of sp³-hybridized carbons (Fsp3) is 0.357. The van der Waals surface area contributed by atoms with Crippen molar-refractivity contribution in [2.24, 2.45) is 0 Å². The molecule has 0 bridgehead atoms. The molecule has 2 aromatic heterocycles. The van der Waals surface area contributed by atoms with Crippen LogP contribution in [0.2, 0.25) is 0 Å². The molecule has 0 unspecified atom stereocenters. The number of carbonyl (C=O) groups excluding carboxylic acids is 2. The van der Waals surface area contributed by atoms with Crippen LogP contribution in [-0.2, 0) is 6.42 Å². The first-order valence-corrected chi connectivity index (χ1v) is 8.51. The number of nitrogen functional groups attached to an aromatic ring is 1. The van der Waals surface area contributed by atoms with Gasteiger partial charge in [-0.1, -0.05) is 6.07 Å². The average Bonchev–Trinajstić information content (AvgIpc) is 3.07. The Labute approximate surface area is 136 Å². The van der Waals surface area contributed by atoms with Crippen LogP contribution >= 0.6 is 22.9 Å². The molecule has 8 heteroatoms. The molecule has 0 radical (unpaired) electrons. The van der Waals surface area contributed by atoms with Gasteiger partial charge in [0, 0.05) is 17.5 Å². The molecule has 0 saturated heterocycles. The molecule has 0 fully saturated rings. The van der Waals surface area contributed by atoms with Crippen LogP contribution < -0.4 is 16.4 Å². The summed E-state index contributed by atoms with van der Waals surface area (Å²) in [6.45, 7) is 4.21. The molecule has 22 heavy (non-hydrogen) atoms. The van der Waals surface area contributed by atoms with Gasteiger partial charge in [0.25, 0.3) is 11.8 Å². The normalized spacial score (nSPS) is 10.7. The highest BCUT2D eigenvalue weighted by atomic mass is 32.1. The predicted molar refractivity (Wildman–Crippen MR) is 89.5 cm³/mol.